The molecular weight excluding hydrogens is 262 g/mol. The van der Waals surface area contributed by atoms with Crippen molar-refractivity contribution in [1.29, 1.82) is 0 Å². The minimum atomic E-state index is -0.361. The maximum atomic E-state index is 12.1. The van der Waals surface area contributed by atoms with Crippen molar-refractivity contribution in [2.45, 2.75) is 19.9 Å². The van der Waals surface area contributed by atoms with Crippen LogP contribution in [0.3, 0.4) is 0 Å². The Morgan fingerprint density at radius 2 is 2.35 bits per heavy atom. The minimum absolute atomic E-state index is 0.280. The van der Waals surface area contributed by atoms with Gasteiger partial charge in [0.25, 0.3) is 11.6 Å². The lowest BCUT2D eigenvalue weighted by atomic mass is 10.2. The van der Waals surface area contributed by atoms with Gasteiger partial charge >= 0.3 is 0 Å². The van der Waals surface area contributed by atoms with E-state index in [9.17, 15) is 4.79 Å². The molecule has 2 N–H and O–H groups in total. The van der Waals surface area contributed by atoms with Crippen LogP contribution in [-0.2, 0) is 0 Å². The Hall–Kier alpha value is -2.84. The Labute approximate surface area is 112 Å². The lowest BCUT2D eigenvalue weighted by molar-refractivity contribution is 0.0938. The number of H-pyrrole nitrogens is 1. The first-order chi connectivity index (χ1) is 9.65. The van der Waals surface area contributed by atoms with Gasteiger partial charge in [-0.2, -0.15) is 5.21 Å². The van der Waals surface area contributed by atoms with Crippen LogP contribution in [0.1, 0.15) is 34.8 Å². The van der Waals surface area contributed by atoms with Gasteiger partial charge in [0, 0.05) is 6.20 Å². The molecule has 0 aliphatic heterocycles. The van der Waals surface area contributed by atoms with Crippen molar-refractivity contribution in [2.24, 2.45) is 0 Å². The number of amides is 1. The SMILES string of the molecule is Cc1noc2ncc(C(=O)NC(C)c3nn[nH]n3)cc12. The van der Waals surface area contributed by atoms with Crippen LogP contribution in [0.2, 0.25) is 0 Å². The van der Waals surface area contributed by atoms with Gasteiger partial charge in [0.1, 0.15) is 0 Å². The van der Waals surface area contributed by atoms with Crippen LogP contribution in [-0.4, -0.2) is 36.7 Å². The molecule has 20 heavy (non-hydrogen) atoms. The molecule has 0 radical (unpaired) electrons. The van der Waals surface area contributed by atoms with Crippen molar-refractivity contribution in [1.82, 2.24) is 36.1 Å². The van der Waals surface area contributed by atoms with E-state index in [0.29, 0.717) is 28.2 Å². The lowest BCUT2D eigenvalue weighted by Crippen LogP contribution is -2.27. The number of rotatable bonds is 3. The number of carbonyl (C=O) groups excluding carboxylic acids is 1. The van der Waals surface area contributed by atoms with E-state index in [1.54, 1.807) is 19.9 Å². The van der Waals surface area contributed by atoms with Crippen LogP contribution in [0.25, 0.3) is 11.1 Å². The fourth-order valence-corrected chi connectivity index (χ4v) is 1.77. The molecule has 3 aromatic heterocycles. The predicted molar refractivity (Wildman–Crippen MR) is 66.6 cm³/mol. The molecule has 0 bridgehead atoms. The molecular formula is C11H11N7O2. The van der Waals surface area contributed by atoms with Gasteiger partial charge in [-0.25, -0.2) is 4.98 Å². The summed E-state index contributed by atoms with van der Waals surface area (Å²) in [5.74, 6) is 0.130. The highest BCUT2D eigenvalue weighted by atomic mass is 16.5. The topological polar surface area (TPSA) is 122 Å². The summed E-state index contributed by atoms with van der Waals surface area (Å²) in [4.78, 5) is 16.2. The molecule has 9 nitrogen and oxygen atoms in total. The highest BCUT2D eigenvalue weighted by Crippen LogP contribution is 2.17. The number of fused-ring (bicyclic) bond motifs is 1. The zero-order valence-corrected chi connectivity index (χ0v) is 10.8. The zero-order valence-electron chi connectivity index (χ0n) is 10.8. The Morgan fingerprint density at radius 3 is 3.10 bits per heavy atom. The first kappa shape index (κ1) is 12.2. The summed E-state index contributed by atoms with van der Waals surface area (Å²) in [5, 5.41) is 20.7. The Balaban J connectivity index is 1.83. The van der Waals surface area contributed by atoms with Gasteiger partial charge in [0.05, 0.1) is 22.7 Å². The van der Waals surface area contributed by atoms with Crippen molar-refractivity contribution in [3.63, 3.8) is 0 Å². The van der Waals surface area contributed by atoms with Crippen molar-refractivity contribution in [2.75, 3.05) is 0 Å². The molecule has 102 valence electrons. The number of aromatic nitrogens is 6. The van der Waals surface area contributed by atoms with Crippen LogP contribution in [0.4, 0.5) is 0 Å². The Kier molecular flexibility index (Phi) is 2.86. The average molecular weight is 273 g/mol. The van der Waals surface area contributed by atoms with Gasteiger partial charge in [0.15, 0.2) is 5.82 Å². The number of pyridine rings is 1. The van der Waals surface area contributed by atoms with E-state index in [4.69, 9.17) is 4.52 Å². The summed E-state index contributed by atoms with van der Waals surface area (Å²) in [7, 11) is 0. The maximum absolute atomic E-state index is 12.1. The van der Waals surface area contributed by atoms with E-state index in [-0.39, 0.29) is 11.9 Å². The fraction of sp³-hybridized carbons (Fsp3) is 0.273. The molecule has 0 aliphatic rings. The van der Waals surface area contributed by atoms with E-state index >= 15 is 0 Å². The van der Waals surface area contributed by atoms with E-state index in [2.05, 4.69) is 36.1 Å². The third kappa shape index (κ3) is 2.09. The minimum Gasteiger partial charge on any atom is -0.342 e. The summed E-state index contributed by atoms with van der Waals surface area (Å²) in [6, 6.07) is 1.33. The summed E-state index contributed by atoms with van der Waals surface area (Å²) < 4.78 is 5.00. The Bertz CT molecular complexity index is 749. The second-order valence-corrected chi connectivity index (χ2v) is 4.31. The van der Waals surface area contributed by atoms with Crippen molar-refractivity contribution in [3.8, 4) is 0 Å². The number of hydrogen-bond donors (Lipinski definition) is 2. The fourth-order valence-electron chi connectivity index (χ4n) is 1.77. The van der Waals surface area contributed by atoms with Crippen LogP contribution in [0.5, 0.6) is 0 Å². The molecule has 0 saturated heterocycles. The maximum Gasteiger partial charge on any atom is 0.257 e. The number of aromatic amines is 1. The molecule has 0 aromatic carbocycles. The molecule has 0 aliphatic carbocycles. The first-order valence-electron chi connectivity index (χ1n) is 5.91. The molecule has 3 aromatic rings. The van der Waals surface area contributed by atoms with Crippen molar-refractivity contribution < 1.29 is 9.32 Å². The van der Waals surface area contributed by atoms with Gasteiger partial charge in [-0.15, -0.1) is 10.2 Å². The van der Waals surface area contributed by atoms with Crippen LogP contribution < -0.4 is 5.32 Å². The van der Waals surface area contributed by atoms with E-state index in [1.165, 1.54) is 6.20 Å². The molecule has 1 amide bonds. The third-order valence-corrected chi connectivity index (χ3v) is 2.87. The second kappa shape index (κ2) is 4.68. The van der Waals surface area contributed by atoms with Crippen molar-refractivity contribution in [3.05, 3.63) is 29.3 Å². The quantitative estimate of drug-likeness (QED) is 0.713. The van der Waals surface area contributed by atoms with Gasteiger partial charge in [-0.05, 0) is 19.9 Å². The normalized spacial score (nSPS) is 12.5. The predicted octanol–water partition coefficient (Wildman–Crippen LogP) is 0.535. The molecule has 0 saturated carbocycles. The molecule has 0 fully saturated rings. The number of tetrazole rings is 1. The molecule has 0 spiro atoms. The number of nitrogens with one attached hydrogen (secondary N) is 2. The zero-order chi connectivity index (χ0) is 14.1. The largest absolute Gasteiger partial charge is 0.342 e. The van der Waals surface area contributed by atoms with E-state index < -0.39 is 0 Å². The molecule has 3 rings (SSSR count). The first-order valence-corrected chi connectivity index (χ1v) is 5.91. The number of hydrogen-bond acceptors (Lipinski definition) is 7. The molecule has 1 unspecified atom stereocenters. The number of nitrogens with zero attached hydrogens (tertiary/aromatic N) is 5. The van der Waals surface area contributed by atoms with Crippen LogP contribution in [0.15, 0.2) is 16.8 Å². The Morgan fingerprint density at radius 1 is 1.50 bits per heavy atom. The van der Waals surface area contributed by atoms with Crippen LogP contribution >= 0.6 is 0 Å². The molecule has 3 heterocycles. The van der Waals surface area contributed by atoms with Gasteiger partial charge in [-0.3, -0.25) is 4.79 Å². The lowest BCUT2D eigenvalue weighted by Gasteiger charge is -2.09. The van der Waals surface area contributed by atoms with Gasteiger partial charge < -0.3 is 9.84 Å². The monoisotopic (exact) mass is 273 g/mol. The number of carbonyl (C=O) groups is 1. The number of aryl methyl sites for hydroxylation is 1. The standard InChI is InChI=1S/C11H11N7O2/c1-5-8-3-7(4-12-11(8)20-16-5)10(19)13-6(2)9-14-17-18-15-9/h3-4,6H,1-2H3,(H,13,19)(H,14,15,17,18). The van der Waals surface area contributed by atoms with Gasteiger partial charge in [-0.1, -0.05) is 10.4 Å². The summed E-state index contributed by atoms with van der Waals surface area (Å²) in [6.45, 7) is 3.55. The summed E-state index contributed by atoms with van der Waals surface area (Å²) in [6.07, 6.45) is 1.44. The van der Waals surface area contributed by atoms with Crippen LogP contribution in [0, 0.1) is 6.92 Å². The highest BCUT2D eigenvalue weighted by molar-refractivity contribution is 5.97. The highest BCUT2D eigenvalue weighted by Gasteiger charge is 2.16. The average Bonchev–Trinajstić information content (AvgIpc) is 3.09. The van der Waals surface area contributed by atoms with E-state index in [0.717, 1.165) is 0 Å². The van der Waals surface area contributed by atoms with Gasteiger partial charge in [0.2, 0.25) is 0 Å². The van der Waals surface area contributed by atoms with Crippen molar-refractivity contribution >= 4 is 17.0 Å². The van der Waals surface area contributed by atoms with E-state index in [1.807, 2.05) is 0 Å². The molecule has 9 heteroatoms. The summed E-state index contributed by atoms with van der Waals surface area (Å²) >= 11 is 0. The molecule has 1 atom stereocenters. The smallest absolute Gasteiger partial charge is 0.257 e. The summed E-state index contributed by atoms with van der Waals surface area (Å²) in [5.41, 5.74) is 1.51. The second-order valence-electron chi connectivity index (χ2n) is 4.31. The third-order valence-electron chi connectivity index (χ3n) is 2.87.